The summed E-state index contributed by atoms with van der Waals surface area (Å²) in [6, 6.07) is 6.69. The van der Waals surface area contributed by atoms with Crippen molar-refractivity contribution in [3.8, 4) is 0 Å². The Bertz CT molecular complexity index is 409. The smallest absolute Gasteiger partial charge is 0.260 e. The van der Waals surface area contributed by atoms with Gasteiger partial charge in [-0.25, -0.2) is 5.84 Å². The largest absolute Gasteiger partial charge is 0.288 e. The molecule has 1 heterocycles. The molecule has 0 aliphatic carbocycles. The van der Waals surface area contributed by atoms with Crippen molar-refractivity contribution in [2.75, 3.05) is 17.3 Å². The number of hydrazine groups is 1. The Kier molecular flexibility index (Phi) is 4.25. The minimum atomic E-state index is -2.40. The van der Waals surface area contributed by atoms with Crippen molar-refractivity contribution < 1.29 is 8.78 Å². The molecule has 17 heavy (non-hydrogen) atoms. The van der Waals surface area contributed by atoms with Crippen molar-refractivity contribution in [1.29, 1.82) is 0 Å². The van der Waals surface area contributed by atoms with Crippen LogP contribution in [0.25, 0.3) is 0 Å². The summed E-state index contributed by atoms with van der Waals surface area (Å²) in [6.45, 7) is 0.771. The first-order chi connectivity index (χ1) is 8.16. The van der Waals surface area contributed by atoms with Crippen LogP contribution in [0.1, 0.15) is 0 Å². The fourth-order valence-electron chi connectivity index (χ4n) is 1.37. The number of aliphatic imine (C=N–C) groups is 1. The molecule has 1 aromatic carbocycles. The molecule has 0 radical (unpaired) electrons. The normalized spacial score (nSPS) is 15.2. The predicted octanol–water partition coefficient (Wildman–Crippen LogP) is 2.78. The number of benzene rings is 1. The zero-order valence-corrected chi connectivity index (χ0v) is 10.5. The van der Waals surface area contributed by atoms with Gasteiger partial charge in [-0.05, 0) is 24.3 Å². The Morgan fingerprint density at radius 1 is 1.35 bits per heavy atom. The molecule has 1 aromatic rings. The van der Waals surface area contributed by atoms with E-state index in [9.17, 15) is 8.78 Å². The van der Waals surface area contributed by atoms with Crippen LogP contribution in [-0.4, -0.2) is 23.2 Å². The number of hydrogen-bond acceptors (Lipinski definition) is 5. The summed E-state index contributed by atoms with van der Waals surface area (Å²) < 4.78 is 24.3. The van der Waals surface area contributed by atoms with Gasteiger partial charge in [0.15, 0.2) is 5.17 Å². The Balaban J connectivity index is 2.06. The lowest BCUT2D eigenvalue weighted by molar-refractivity contribution is 0.252. The number of alkyl halides is 2. The molecule has 2 N–H and O–H groups in total. The van der Waals surface area contributed by atoms with Crippen LogP contribution in [0.5, 0.6) is 0 Å². The molecule has 1 aliphatic heterocycles. The molecule has 2 rings (SSSR count). The van der Waals surface area contributed by atoms with Gasteiger partial charge in [0.25, 0.3) is 5.76 Å². The molecule has 0 saturated heterocycles. The number of thioether (sulfide) groups is 2. The SMILES string of the molecule is NN(C1=NCCS1)c1ccc(SC(F)F)cc1. The molecule has 0 spiro atoms. The molecule has 0 fully saturated rings. The monoisotopic (exact) mass is 275 g/mol. The van der Waals surface area contributed by atoms with E-state index in [4.69, 9.17) is 5.84 Å². The number of anilines is 1. The van der Waals surface area contributed by atoms with Gasteiger partial charge in [-0.3, -0.25) is 10.0 Å². The Hall–Kier alpha value is -0.790. The van der Waals surface area contributed by atoms with Crippen molar-refractivity contribution in [3.63, 3.8) is 0 Å². The maximum Gasteiger partial charge on any atom is 0.288 e. The Labute approximate surface area is 106 Å². The van der Waals surface area contributed by atoms with E-state index >= 15 is 0 Å². The van der Waals surface area contributed by atoms with E-state index in [1.165, 1.54) is 5.01 Å². The lowest BCUT2D eigenvalue weighted by Crippen LogP contribution is -2.34. The van der Waals surface area contributed by atoms with Gasteiger partial charge >= 0.3 is 0 Å². The van der Waals surface area contributed by atoms with Gasteiger partial charge in [0.1, 0.15) is 0 Å². The fraction of sp³-hybridized carbons (Fsp3) is 0.300. The van der Waals surface area contributed by atoms with Crippen LogP contribution >= 0.6 is 23.5 Å². The number of nitrogens with zero attached hydrogens (tertiary/aromatic N) is 2. The average molecular weight is 275 g/mol. The highest BCUT2D eigenvalue weighted by atomic mass is 32.2. The topological polar surface area (TPSA) is 41.6 Å². The first kappa shape index (κ1) is 12.7. The second-order valence-corrected chi connectivity index (χ2v) is 5.38. The molecule has 92 valence electrons. The number of amidine groups is 1. The Morgan fingerprint density at radius 3 is 2.59 bits per heavy atom. The highest BCUT2D eigenvalue weighted by Crippen LogP contribution is 2.27. The van der Waals surface area contributed by atoms with Crippen LogP contribution in [0.15, 0.2) is 34.2 Å². The second-order valence-electron chi connectivity index (χ2n) is 3.26. The van der Waals surface area contributed by atoms with Crippen LogP contribution in [-0.2, 0) is 0 Å². The van der Waals surface area contributed by atoms with E-state index in [2.05, 4.69) is 4.99 Å². The zero-order valence-electron chi connectivity index (χ0n) is 8.85. The quantitative estimate of drug-likeness (QED) is 0.523. The third-order valence-electron chi connectivity index (χ3n) is 2.12. The third kappa shape index (κ3) is 3.34. The van der Waals surface area contributed by atoms with Gasteiger partial charge in [0.05, 0.1) is 12.2 Å². The van der Waals surface area contributed by atoms with Crippen LogP contribution < -0.4 is 10.9 Å². The van der Waals surface area contributed by atoms with Gasteiger partial charge in [-0.2, -0.15) is 8.78 Å². The third-order valence-corrected chi connectivity index (χ3v) is 3.81. The minimum Gasteiger partial charge on any atom is -0.260 e. The standard InChI is InChI=1S/C10H11F2N3S2/c11-9(12)17-8-3-1-7(2-4-8)15(13)10-14-5-6-16-10/h1-4,9H,5-6,13H2. The number of hydrogen-bond donors (Lipinski definition) is 1. The van der Waals surface area contributed by atoms with Gasteiger partial charge in [0.2, 0.25) is 0 Å². The molecule has 0 amide bonds. The summed E-state index contributed by atoms with van der Waals surface area (Å²) in [4.78, 5) is 4.76. The van der Waals surface area contributed by atoms with Crippen LogP contribution in [0, 0.1) is 0 Å². The van der Waals surface area contributed by atoms with Crippen LogP contribution in [0.4, 0.5) is 14.5 Å². The van der Waals surface area contributed by atoms with Crippen LogP contribution in [0.2, 0.25) is 0 Å². The molecule has 3 nitrogen and oxygen atoms in total. The summed E-state index contributed by atoms with van der Waals surface area (Å²) in [5.41, 5.74) is 0.747. The highest BCUT2D eigenvalue weighted by Gasteiger charge is 2.14. The van der Waals surface area contributed by atoms with Crippen molar-refractivity contribution in [1.82, 2.24) is 0 Å². The van der Waals surface area contributed by atoms with Gasteiger partial charge in [-0.15, -0.1) is 0 Å². The molecule has 1 aliphatic rings. The summed E-state index contributed by atoms with van der Waals surface area (Å²) in [5.74, 6) is 4.41. The summed E-state index contributed by atoms with van der Waals surface area (Å²) in [6.07, 6.45) is 0. The van der Waals surface area contributed by atoms with E-state index in [0.29, 0.717) is 16.7 Å². The number of halogens is 2. The van der Waals surface area contributed by atoms with E-state index in [1.54, 1.807) is 36.0 Å². The van der Waals surface area contributed by atoms with Gasteiger partial charge in [-0.1, -0.05) is 23.5 Å². The molecule has 0 unspecified atom stereocenters. The molecule has 0 atom stereocenters. The van der Waals surface area contributed by atoms with E-state index in [-0.39, 0.29) is 0 Å². The zero-order chi connectivity index (χ0) is 12.3. The van der Waals surface area contributed by atoms with Crippen LogP contribution in [0.3, 0.4) is 0 Å². The molecule has 7 heteroatoms. The molecule has 0 aromatic heterocycles. The number of rotatable bonds is 3. The first-order valence-electron chi connectivity index (χ1n) is 4.94. The van der Waals surface area contributed by atoms with Crippen molar-refractivity contribution >= 4 is 34.4 Å². The lowest BCUT2D eigenvalue weighted by atomic mass is 10.3. The molecule has 0 bridgehead atoms. The molecular weight excluding hydrogens is 264 g/mol. The van der Waals surface area contributed by atoms with E-state index in [0.717, 1.165) is 23.2 Å². The van der Waals surface area contributed by atoms with Crippen molar-refractivity contribution in [3.05, 3.63) is 24.3 Å². The van der Waals surface area contributed by atoms with Gasteiger partial charge < -0.3 is 0 Å². The fourth-order valence-corrected chi connectivity index (χ4v) is 2.66. The number of nitrogens with two attached hydrogens (primary N) is 1. The molecule has 0 saturated carbocycles. The summed E-state index contributed by atoms with van der Waals surface area (Å²) >= 11 is 2.11. The average Bonchev–Trinajstić information content (AvgIpc) is 2.82. The summed E-state index contributed by atoms with van der Waals surface area (Å²) in [7, 11) is 0. The highest BCUT2D eigenvalue weighted by molar-refractivity contribution is 8.14. The predicted molar refractivity (Wildman–Crippen MR) is 69.7 cm³/mol. The maximum atomic E-state index is 12.1. The van der Waals surface area contributed by atoms with Crippen molar-refractivity contribution in [2.45, 2.75) is 10.7 Å². The maximum absolute atomic E-state index is 12.1. The van der Waals surface area contributed by atoms with Crippen molar-refractivity contribution in [2.24, 2.45) is 10.8 Å². The van der Waals surface area contributed by atoms with Gasteiger partial charge in [0, 0.05) is 10.6 Å². The second kappa shape index (κ2) is 5.70. The summed E-state index contributed by atoms with van der Waals surface area (Å²) in [5, 5.41) is 2.24. The van der Waals surface area contributed by atoms with E-state index < -0.39 is 5.76 Å². The molecular formula is C10H11F2N3S2. The Morgan fingerprint density at radius 2 is 2.06 bits per heavy atom. The first-order valence-corrected chi connectivity index (χ1v) is 6.80. The lowest BCUT2D eigenvalue weighted by Gasteiger charge is -2.17. The van der Waals surface area contributed by atoms with E-state index in [1.807, 2.05) is 0 Å². The minimum absolute atomic E-state index is 0.523.